The van der Waals surface area contributed by atoms with E-state index < -0.39 is 22.5 Å². The molecule has 3 aromatic carbocycles. The van der Waals surface area contributed by atoms with Gasteiger partial charge in [0, 0.05) is 17.0 Å². The van der Waals surface area contributed by atoms with E-state index in [0.717, 1.165) is 43.6 Å². The number of rotatable bonds is 9. The lowest BCUT2D eigenvalue weighted by molar-refractivity contribution is -0.119. The molecule has 0 aliphatic rings. The summed E-state index contributed by atoms with van der Waals surface area (Å²) in [5.74, 6) is -0.00436. The SMILES string of the molecule is COc1ccc(N(CC(=O)N/N=C/c2cc(C)n(-c3c(C)cccc3C)c2C)S(=O)(=O)c2ccc(C)cc2)cc1. The molecule has 0 radical (unpaired) electrons. The van der Waals surface area contributed by atoms with Crippen LogP contribution in [0.15, 0.2) is 82.8 Å². The Kier molecular flexibility index (Phi) is 8.44. The zero-order chi connectivity index (χ0) is 29.0. The zero-order valence-electron chi connectivity index (χ0n) is 23.6. The summed E-state index contributed by atoms with van der Waals surface area (Å²) in [7, 11) is -2.51. The van der Waals surface area contributed by atoms with Gasteiger partial charge in [-0.1, -0.05) is 35.9 Å². The first-order valence-corrected chi connectivity index (χ1v) is 14.3. The molecule has 1 aromatic heterocycles. The molecule has 0 saturated heterocycles. The van der Waals surface area contributed by atoms with E-state index in [-0.39, 0.29) is 4.90 Å². The van der Waals surface area contributed by atoms with Gasteiger partial charge in [-0.25, -0.2) is 13.8 Å². The third-order valence-corrected chi connectivity index (χ3v) is 8.57. The Morgan fingerprint density at radius 3 is 2.17 bits per heavy atom. The quantitative estimate of drug-likeness (QED) is 0.221. The fourth-order valence-electron chi connectivity index (χ4n) is 4.66. The van der Waals surface area contributed by atoms with Crippen LogP contribution < -0.4 is 14.5 Å². The van der Waals surface area contributed by atoms with E-state index in [2.05, 4.69) is 41.1 Å². The molecule has 208 valence electrons. The standard InChI is InChI=1S/C31H34N4O4S/c1-21-10-16-29(17-11-21)40(37,38)34(27-12-14-28(39-6)15-13-27)20-30(36)33-32-19-26-18-24(4)35(25(26)5)31-22(2)8-7-9-23(31)3/h7-19H,20H2,1-6H3,(H,33,36)/b32-19+. The topological polar surface area (TPSA) is 93.0 Å². The summed E-state index contributed by atoms with van der Waals surface area (Å²) in [5.41, 5.74) is 10.1. The number of sulfonamides is 1. The maximum absolute atomic E-state index is 13.6. The number of benzene rings is 3. The molecule has 4 rings (SSSR count). The van der Waals surface area contributed by atoms with Crippen molar-refractivity contribution in [3.8, 4) is 11.4 Å². The zero-order valence-corrected chi connectivity index (χ0v) is 24.4. The highest BCUT2D eigenvalue weighted by Crippen LogP contribution is 2.27. The van der Waals surface area contributed by atoms with Gasteiger partial charge in [0.25, 0.3) is 15.9 Å². The number of hydrazone groups is 1. The van der Waals surface area contributed by atoms with Crippen molar-refractivity contribution in [3.05, 3.63) is 106 Å². The van der Waals surface area contributed by atoms with Gasteiger partial charge >= 0.3 is 0 Å². The molecule has 0 aliphatic carbocycles. The second kappa shape index (κ2) is 11.8. The van der Waals surface area contributed by atoms with E-state index in [0.29, 0.717) is 11.4 Å². The van der Waals surface area contributed by atoms with Gasteiger partial charge in [-0.2, -0.15) is 5.10 Å². The molecular weight excluding hydrogens is 524 g/mol. The van der Waals surface area contributed by atoms with Crippen LogP contribution in [0.1, 0.15) is 33.6 Å². The number of nitrogens with one attached hydrogen (secondary N) is 1. The summed E-state index contributed by atoms with van der Waals surface area (Å²) >= 11 is 0. The van der Waals surface area contributed by atoms with Crippen LogP contribution in [0.3, 0.4) is 0 Å². The summed E-state index contributed by atoms with van der Waals surface area (Å²) in [6.45, 7) is 9.60. The Morgan fingerprint density at radius 2 is 1.57 bits per heavy atom. The van der Waals surface area contributed by atoms with Gasteiger partial charge in [-0.3, -0.25) is 9.10 Å². The van der Waals surface area contributed by atoms with Gasteiger partial charge < -0.3 is 9.30 Å². The smallest absolute Gasteiger partial charge is 0.264 e. The van der Waals surface area contributed by atoms with Gasteiger partial charge in [-0.15, -0.1) is 0 Å². The number of nitrogens with zero attached hydrogens (tertiary/aromatic N) is 3. The fourth-order valence-corrected chi connectivity index (χ4v) is 6.08. The Bertz CT molecular complexity index is 1630. The van der Waals surface area contributed by atoms with Gasteiger partial charge in [0.2, 0.25) is 0 Å². The molecule has 0 fully saturated rings. The van der Waals surface area contributed by atoms with Crippen molar-refractivity contribution >= 4 is 27.8 Å². The summed E-state index contributed by atoms with van der Waals surface area (Å²) in [6.07, 6.45) is 1.58. The highest BCUT2D eigenvalue weighted by Gasteiger charge is 2.27. The molecule has 8 nitrogen and oxygen atoms in total. The third kappa shape index (κ3) is 5.94. The summed E-state index contributed by atoms with van der Waals surface area (Å²) in [5, 5.41) is 4.16. The molecule has 1 N–H and O–H groups in total. The van der Waals surface area contributed by atoms with E-state index in [9.17, 15) is 13.2 Å². The normalized spacial score (nSPS) is 11.6. The number of hydrogen-bond acceptors (Lipinski definition) is 5. The second-order valence-electron chi connectivity index (χ2n) is 9.72. The molecular formula is C31H34N4O4S. The van der Waals surface area contributed by atoms with Crippen LogP contribution in [0.5, 0.6) is 5.75 Å². The highest BCUT2D eigenvalue weighted by molar-refractivity contribution is 7.92. The molecule has 0 atom stereocenters. The van der Waals surface area contributed by atoms with Crippen molar-refractivity contribution in [1.29, 1.82) is 0 Å². The first kappa shape index (κ1) is 28.6. The number of amides is 1. The van der Waals surface area contributed by atoms with Crippen LogP contribution in [0.4, 0.5) is 5.69 Å². The molecule has 1 heterocycles. The third-order valence-electron chi connectivity index (χ3n) is 6.78. The molecule has 4 aromatic rings. The van der Waals surface area contributed by atoms with E-state index in [4.69, 9.17) is 4.74 Å². The lowest BCUT2D eigenvalue weighted by Gasteiger charge is -2.24. The number of carbonyl (C=O) groups is 1. The van der Waals surface area contributed by atoms with E-state index in [1.807, 2.05) is 32.9 Å². The van der Waals surface area contributed by atoms with E-state index in [1.165, 1.54) is 19.2 Å². The number of anilines is 1. The molecule has 0 saturated carbocycles. The monoisotopic (exact) mass is 558 g/mol. The fraction of sp³-hybridized carbons (Fsp3) is 0.226. The molecule has 1 amide bonds. The maximum Gasteiger partial charge on any atom is 0.264 e. The summed E-state index contributed by atoms with van der Waals surface area (Å²) < 4.78 is 35.6. The summed E-state index contributed by atoms with van der Waals surface area (Å²) in [4.78, 5) is 13.1. The number of para-hydroxylation sites is 1. The molecule has 40 heavy (non-hydrogen) atoms. The van der Waals surface area contributed by atoms with Crippen LogP contribution in [0.2, 0.25) is 0 Å². The number of ether oxygens (including phenoxy) is 1. The minimum absolute atomic E-state index is 0.0872. The predicted octanol–water partition coefficient (Wildman–Crippen LogP) is 5.37. The van der Waals surface area contributed by atoms with Crippen LogP contribution >= 0.6 is 0 Å². The minimum atomic E-state index is -4.03. The van der Waals surface area contributed by atoms with Crippen molar-refractivity contribution in [2.75, 3.05) is 18.0 Å². The molecule has 9 heteroatoms. The van der Waals surface area contributed by atoms with Gasteiger partial charge in [0.05, 0.1) is 29.6 Å². The molecule has 0 aliphatic heterocycles. The Hall–Kier alpha value is -4.37. The molecule has 0 unspecified atom stereocenters. The van der Waals surface area contributed by atoms with E-state index in [1.54, 1.807) is 42.6 Å². The van der Waals surface area contributed by atoms with Crippen molar-refractivity contribution in [1.82, 2.24) is 9.99 Å². The number of hydrogen-bond donors (Lipinski definition) is 1. The van der Waals surface area contributed by atoms with Crippen LogP contribution in [-0.2, 0) is 14.8 Å². The number of methoxy groups -OCH3 is 1. The predicted molar refractivity (Wildman–Crippen MR) is 159 cm³/mol. The number of aromatic nitrogens is 1. The van der Waals surface area contributed by atoms with Crippen molar-refractivity contribution in [3.63, 3.8) is 0 Å². The number of aryl methyl sites for hydroxylation is 4. The van der Waals surface area contributed by atoms with Crippen molar-refractivity contribution in [2.24, 2.45) is 5.10 Å². The van der Waals surface area contributed by atoms with E-state index >= 15 is 0 Å². The Balaban J connectivity index is 1.57. The van der Waals surface area contributed by atoms with Crippen molar-refractivity contribution in [2.45, 2.75) is 39.5 Å². The van der Waals surface area contributed by atoms with Crippen LogP contribution in [0.25, 0.3) is 5.69 Å². The average molecular weight is 559 g/mol. The molecule has 0 spiro atoms. The van der Waals surface area contributed by atoms with Crippen LogP contribution in [-0.4, -0.2) is 38.8 Å². The Labute approximate surface area is 236 Å². The Morgan fingerprint density at radius 1 is 0.950 bits per heavy atom. The minimum Gasteiger partial charge on any atom is -0.497 e. The first-order valence-electron chi connectivity index (χ1n) is 12.8. The van der Waals surface area contributed by atoms with Crippen LogP contribution in [0, 0.1) is 34.6 Å². The van der Waals surface area contributed by atoms with Gasteiger partial charge in [0.15, 0.2) is 0 Å². The summed E-state index contributed by atoms with van der Waals surface area (Å²) in [6, 6.07) is 21.2. The first-order chi connectivity index (χ1) is 19.0. The lowest BCUT2D eigenvalue weighted by atomic mass is 10.1. The molecule has 0 bridgehead atoms. The van der Waals surface area contributed by atoms with Gasteiger partial charge in [-0.05, 0) is 88.2 Å². The second-order valence-corrected chi connectivity index (χ2v) is 11.6. The van der Waals surface area contributed by atoms with Gasteiger partial charge in [0.1, 0.15) is 12.3 Å². The largest absolute Gasteiger partial charge is 0.497 e. The van der Waals surface area contributed by atoms with Crippen molar-refractivity contribution < 1.29 is 17.9 Å². The highest BCUT2D eigenvalue weighted by atomic mass is 32.2. The maximum atomic E-state index is 13.6. The number of carbonyl (C=O) groups excluding carboxylic acids is 1. The average Bonchev–Trinajstić information content (AvgIpc) is 3.20. The lowest BCUT2D eigenvalue weighted by Crippen LogP contribution is -2.39.